The van der Waals surface area contributed by atoms with Crippen molar-refractivity contribution in [1.29, 1.82) is 0 Å². The summed E-state index contributed by atoms with van der Waals surface area (Å²) in [6.45, 7) is 4.45. The molecule has 17 heavy (non-hydrogen) atoms. The number of amides is 1. The zero-order valence-corrected chi connectivity index (χ0v) is 10.4. The van der Waals surface area contributed by atoms with E-state index in [-0.39, 0.29) is 11.9 Å². The van der Waals surface area contributed by atoms with Gasteiger partial charge < -0.3 is 10.6 Å². The van der Waals surface area contributed by atoms with Crippen molar-refractivity contribution in [3.05, 3.63) is 0 Å². The van der Waals surface area contributed by atoms with Crippen LogP contribution in [0, 0.1) is 12.3 Å². The second-order valence-electron chi connectivity index (χ2n) is 5.02. The molecule has 2 atom stereocenters. The highest BCUT2D eigenvalue weighted by Gasteiger charge is 2.34. The molecule has 0 radical (unpaired) electrons. The van der Waals surface area contributed by atoms with Gasteiger partial charge in [0.1, 0.15) is 0 Å². The predicted molar refractivity (Wildman–Crippen MR) is 67.4 cm³/mol. The minimum atomic E-state index is -0.160. The number of carbonyl (C=O) groups excluding carboxylic acids is 1. The summed E-state index contributed by atoms with van der Waals surface area (Å²) >= 11 is 0. The van der Waals surface area contributed by atoms with Gasteiger partial charge in [0.15, 0.2) is 0 Å². The minimum Gasteiger partial charge on any atom is -0.344 e. The Morgan fingerprint density at radius 3 is 2.94 bits per heavy atom. The van der Waals surface area contributed by atoms with Gasteiger partial charge >= 0.3 is 0 Å². The average molecular weight is 235 g/mol. The number of carbonyl (C=O) groups is 1. The van der Waals surface area contributed by atoms with E-state index in [0.717, 1.165) is 19.0 Å². The van der Waals surface area contributed by atoms with E-state index in [0.29, 0.717) is 12.6 Å². The highest BCUT2D eigenvalue weighted by Crippen LogP contribution is 2.29. The Labute approximate surface area is 103 Å². The number of hydrogen-bond donors (Lipinski definition) is 2. The van der Waals surface area contributed by atoms with Crippen molar-refractivity contribution in [2.24, 2.45) is 0 Å². The van der Waals surface area contributed by atoms with E-state index >= 15 is 0 Å². The van der Waals surface area contributed by atoms with Crippen molar-refractivity contribution < 1.29 is 4.79 Å². The molecule has 2 aliphatic rings. The van der Waals surface area contributed by atoms with Crippen LogP contribution in [0.1, 0.15) is 26.2 Å². The van der Waals surface area contributed by atoms with Gasteiger partial charge in [0, 0.05) is 25.2 Å². The Morgan fingerprint density at radius 2 is 2.29 bits per heavy atom. The molecule has 1 heterocycles. The number of nitrogens with zero attached hydrogens (tertiary/aromatic N) is 1. The molecule has 94 valence electrons. The van der Waals surface area contributed by atoms with Crippen molar-refractivity contribution in [1.82, 2.24) is 15.5 Å². The van der Waals surface area contributed by atoms with E-state index < -0.39 is 0 Å². The standard InChI is InChI=1S/C13H21N3O/c1-3-7-14-13(17)10(2)15-11-6-8-16(9-11)12-4-5-12/h1,10-12,15H,4-9H2,2H3,(H,14,17). The van der Waals surface area contributed by atoms with Crippen LogP contribution in [0.25, 0.3) is 0 Å². The Balaban J connectivity index is 1.69. The van der Waals surface area contributed by atoms with E-state index in [1.807, 2.05) is 6.92 Å². The van der Waals surface area contributed by atoms with Crippen LogP contribution in [0.3, 0.4) is 0 Å². The van der Waals surface area contributed by atoms with Crippen LogP contribution in [0.4, 0.5) is 0 Å². The number of hydrogen-bond acceptors (Lipinski definition) is 3. The van der Waals surface area contributed by atoms with Crippen LogP contribution >= 0.6 is 0 Å². The molecule has 0 aromatic rings. The Morgan fingerprint density at radius 1 is 1.53 bits per heavy atom. The third-order valence-electron chi connectivity index (χ3n) is 3.53. The van der Waals surface area contributed by atoms with Crippen LogP contribution in [0.5, 0.6) is 0 Å². The normalized spacial score (nSPS) is 26.5. The highest BCUT2D eigenvalue weighted by atomic mass is 16.2. The van der Waals surface area contributed by atoms with Gasteiger partial charge in [0.05, 0.1) is 12.6 Å². The van der Waals surface area contributed by atoms with Crippen molar-refractivity contribution in [3.63, 3.8) is 0 Å². The molecule has 2 rings (SSSR count). The fourth-order valence-corrected chi connectivity index (χ4v) is 2.42. The molecule has 1 aliphatic heterocycles. The van der Waals surface area contributed by atoms with Gasteiger partial charge in [-0.2, -0.15) is 0 Å². The zero-order valence-electron chi connectivity index (χ0n) is 10.4. The zero-order chi connectivity index (χ0) is 12.3. The molecular formula is C13H21N3O. The SMILES string of the molecule is C#CCNC(=O)C(C)NC1CCN(C2CC2)C1. The molecule has 1 saturated heterocycles. The van der Waals surface area contributed by atoms with Crippen molar-refractivity contribution in [2.45, 2.75) is 44.3 Å². The predicted octanol–water partition coefficient (Wildman–Crippen LogP) is -0.0494. The first kappa shape index (κ1) is 12.4. The summed E-state index contributed by atoms with van der Waals surface area (Å²) in [5, 5.41) is 6.08. The molecule has 0 aromatic carbocycles. The van der Waals surface area contributed by atoms with E-state index in [1.165, 1.54) is 19.4 Å². The summed E-state index contributed by atoms with van der Waals surface area (Å²) in [6.07, 6.45) is 8.95. The van der Waals surface area contributed by atoms with Crippen molar-refractivity contribution in [2.75, 3.05) is 19.6 Å². The fraction of sp³-hybridized carbons (Fsp3) is 0.769. The molecule has 2 fully saturated rings. The molecule has 1 aliphatic carbocycles. The molecule has 0 aromatic heterocycles. The van der Waals surface area contributed by atoms with Gasteiger partial charge in [-0.05, 0) is 26.2 Å². The van der Waals surface area contributed by atoms with Crippen molar-refractivity contribution in [3.8, 4) is 12.3 Å². The molecule has 0 bridgehead atoms. The maximum atomic E-state index is 11.6. The molecule has 0 spiro atoms. The van der Waals surface area contributed by atoms with Crippen LogP contribution in [-0.2, 0) is 4.79 Å². The average Bonchev–Trinajstić information content (AvgIpc) is 3.07. The van der Waals surface area contributed by atoms with Gasteiger partial charge in [-0.25, -0.2) is 0 Å². The molecule has 2 N–H and O–H groups in total. The number of nitrogens with one attached hydrogen (secondary N) is 2. The van der Waals surface area contributed by atoms with Gasteiger partial charge in [0.25, 0.3) is 0 Å². The molecule has 4 nitrogen and oxygen atoms in total. The van der Waals surface area contributed by atoms with Gasteiger partial charge in [-0.3, -0.25) is 9.69 Å². The minimum absolute atomic E-state index is 0.00665. The maximum absolute atomic E-state index is 11.6. The first-order valence-electron chi connectivity index (χ1n) is 6.42. The summed E-state index contributed by atoms with van der Waals surface area (Å²) < 4.78 is 0. The molecule has 1 saturated carbocycles. The number of likely N-dealkylation sites (tertiary alicyclic amines) is 1. The quantitative estimate of drug-likeness (QED) is 0.657. The third-order valence-corrected chi connectivity index (χ3v) is 3.53. The van der Waals surface area contributed by atoms with E-state index in [9.17, 15) is 4.79 Å². The summed E-state index contributed by atoms with van der Waals surface area (Å²) in [7, 11) is 0. The Kier molecular flexibility index (Phi) is 4.03. The van der Waals surface area contributed by atoms with E-state index in [4.69, 9.17) is 6.42 Å². The van der Waals surface area contributed by atoms with Crippen LogP contribution in [0.15, 0.2) is 0 Å². The lowest BCUT2D eigenvalue weighted by Crippen LogP contribution is -2.47. The van der Waals surface area contributed by atoms with Crippen LogP contribution < -0.4 is 10.6 Å². The third kappa shape index (κ3) is 3.45. The maximum Gasteiger partial charge on any atom is 0.237 e. The van der Waals surface area contributed by atoms with Crippen LogP contribution in [-0.4, -0.2) is 48.6 Å². The van der Waals surface area contributed by atoms with E-state index in [2.05, 4.69) is 21.5 Å². The van der Waals surface area contributed by atoms with Gasteiger partial charge in [0.2, 0.25) is 5.91 Å². The first-order valence-corrected chi connectivity index (χ1v) is 6.42. The topological polar surface area (TPSA) is 44.4 Å². The second kappa shape index (κ2) is 5.52. The Bertz CT molecular complexity index is 319. The van der Waals surface area contributed by atoms with Crippen LogP contribution in [0.2, 0.25) is 0 Å². The summed E-state index contributed by atoms with van der Waals surface area (Å²) in [6, 6.07) is 1.11. The summed E-state index contributed by atoms with van der Waals surface area (Å²) in [5.74, 6) is 2.40. The largest absolute Gasteiger partial charge is 0.344 e. The monoisotopic (exact) mass is 235 g/mol. The highest BCUT2D eigenvalue weighted by molar-refractivity contribution is 5.81. The van der Waals surface area contributed by atoms with Crippen molar-refractivity contribution >= 4 is 5.91 Å². The number of rotatable bonds is 5. The fourth-order valence-electron chi connectivity index (χ4n) is 2.42. The molecule has 2 unspecified atom stereocenters. The lowest BCUT2D eigenvalue weighted by Gasteiger charge is -2.19. The molecular weight excluding hydrogens is 214 g/mol. The summed E-state index contributed by atoms with van der Waals surface area (Å²) in [4.78, 5) is 14.2. The van der Waals surface area contributed by atoms with E-state index in [1.54, 1.807) is 0 Å². The van der Waals surface area contributed by atoms with Gasteiger partial charge in [-0.15, -0.1) is 6.42 Å². The number of terminal acetylenes is 1. The van der Waals surface area contributed by atoms with Gasteiger partial charge in [-0.1, -0.05) is 5.92 Å². The lowest BCUT2D eigenvalue weighted by molar-refractivity contribution is -0.122. The molecule has 1 amide bonds. The second-order valence-corrected chi connectivity index (χ2v) is 5.02. The Hall–Kier alpha value is -1.05. The summed E-state index contributed by atoms with van der Waals surface area (Å²) in [5.41, 5.74) is 0. The smallest absolute Gasteiger partial charge is 0.237 e. The molecule has 4 heteroatoms. The first-order chi connectivity index (χ1) is 8.20. The lowest BCUT2D eigenvalue weighted by atomic mass is 10.2.